The van der Waals surface area contributed by atoms with E-state index >= 15 is 0 Å². The van der Waals surface area contributed by atoms with Crippen LogP contribution in [0.25, 0.3) is 0 Å². The Labute approximate surface area is 287 Å². The van der Waals surface area contributed by atoms with E-state index < -0.39 is 0 Å². The molecule has 0 radical (unpaired) electrons. The summed E-state index contributed by atoms with van der Waals surface area (Å²) in [6, 6.07) is 14.9. The molecule has 4 aliphatic rings. The van der Waals surface area contributed by atoms with Crippen molar-refractivity contribution < 1.29 is 23.8 Å². The van der Waals surface area contributed by atoms with Crippen LogP contribution >= 0.6 is 0 Å². The first-order valence-electron chi connectivity index (χ1n) is 17.1. The van der Waals surface area contributed by atoms with Crippen molar-refractivity contribution >= 4 is 34.6 Å². The SMILES string of the molecule is C=CC(=O)Nc1cc(Nc2cc(N3OCCC3c3cccc(OC)c3)ncn2)c(OC)cc1N1CCC(N2CCN(C3COC3)CC2)CC1. The zero-order valence-electron chi connectivity index (χ0n) is 28.3. The average Bonchev–Trinajstić information content (AvgIpc) is 3.62. The number of piperazine rings is 1. The van der Waals surface area contributed by atoms with Gasteiger partial charge in [-0.25, -0.2) is 15.0 Å². The summed E-state index contributed by atoms with van der Waals surface area (Å²) < 4.78 is 16.7. The Morgan fingerprint density at radius 1 is 0.918 bits per heavy atom. The van der Waals surface area contributed by atoms with E-state index in [1.165, 1.54) is 12.4 Å². The van der Waals surface area contributed by atoms with Crippen LogP contribution < -0.4 is 30.1 Å². The van der Waals surface area contributed by atoms with Gasteiger partial charge >= 0.3 is 0 Å². The maximum atomic E-state index is 12.6. The molecule has 13 heteroatoms. The van der Waals surface area contributed by atoms with E-state index in [1.807, 2.05) is 41.5 Å². The number of aromatic nitrogens is 2. The van der Waals surface area contributed by atoms with E-state index in [-0.39, 0.29) is 11.9 Å². The highest BCUT2D eigenvalue weighted by Gasteiger charge is 2.33. The fourth-order valence-electron chi connectivity index (χ4n) is 7.28. The van der Waals surface area contributed by atoms with Crippen LogP contribution in [0.5, 0.6) is 11.5 Å². The van der Waals surface area contributed by atoms with Crippen LogP contribution in [0.2, 0.25) is 0 Å². The van der Waals surface area contributed by atoms with Gasteiger partial charge in [-0.1, -0.05) is 18.7 Å². The lowest BCUT2D eigenvalue weighted by atomic mass is 10.0. The highest BCUT2D eigenvalue weighted by molar-refractivity contribution is 6.02. The number of rotatable bonds is 11. The average molecular weight is 671 g/mol. The van der Waals surface area contributed by atoms with Gasteiger partial charge < -0.3 is 29.7 Å². The molecule has 13 nitrogen and oxygen atoms in total. The van der Waals surface area contributed by atoms with Gasteiger partial charge in [0.05, 0.1) is 63.2 Å². The molecule has 7 rings (SSSR count). The number of ether oxygens (including phenoxy) is 3. The monoisotopic (exact) mass is 670 g/mol. The lowest BCUT2D eigenvalue weighted by Crippen LogP contribution is -2.59. The number of hydrogen-bond donors (Lipinski definition) is 2. The summed E-state index contributed by atoms with van der Waals surface area (Å²) in [5.74, 6) is 2.34. The van der Waals surface area contributed by atoms with Crippen LogP contribution in [-0.4, -0.2) is 111 Å². The Kier molecular flexibility index (Phi) is 10.1. The Morgan fingerprint density at radius 3 is 2.39 bits per heavy atom. The molecule has 1 amide bonds. The number of amides is 1. The second kappa shape index (κ2) is 15.0. The third-order valence-corrected chi connectivity index (χ3v) is 10.1. The van der Waals surface area contributed by atoms with Crippen molar-refractivity contribution in [3.63, 3.8) is 0 Å². The molecule has 4 fully saturated rings. The van der Waals surface area contributed by atoms with Gasteiger partial charge in [0.2, 0.25) is 5.91 Å². The molecular formula is C36H46N8O5. The summed E-state index contributed by atoms with van der Waals surface area (Å²) in [7, 11) is 3.31. The van der Waals surface area contributed by atoms with Gasteiger partial charge in [0.25, 0.3) is 0 Å². The van der Waals surface area contributed by atoms with Gasteiger partial charge in [-0.3, -0.25) is 19.4 Å². The number of nitrogens with zero attached hydrogens (tertiary/aromatic N) is 6. The van der Waals surface area contributed by atoms with Gasteiger partial charge in [-0.05, 0) is 42.7 Å². The fraction of sp³-hybridized carbons (Fsp3) is 0.472. The maximum Gasteiger partial charge on any atom is 0.247 e. The van der Waals surface area contributed by atoms with Gasteiger partial charge in [0.15, 0.2) is 5.82 Å². The van der Waals surface area contributed by atoms with Gasteiger partial charge in [-0.15, -0.1) is 0 Å². The molecule has 260 valence electrons. The minimum Gasteiger partial charge on any atom is -0.497 e. The number of nitrogens with one attached hydrogen (secondary N) is 2. The van der Waals surface area contributed by atoms with E-state index in [0.717, 1.165) is 88.7 Å². The Morgan fingerprint density at radius 2 is 1.69 bits per heavy atom. The molecular weight excluding hydrogens is 624 g/mol. The lowest BCUT2D eigenvalue weighted by Gasteiger charge is -2.46. The Hall–Kier alpha value is -4.43. The number of anilines is 5. The van der Waals surface area contributed by atoms with Crippen LogP contribution in [0.3, 0.4) is 0 Å². The predicted molar refractivity (Wildman–Crippen MR) is 189 cm³/mol. The standard InChI is InChI=1S/C36H46N8O5/c1-4-36(45)40-29-19-30(39-34-21-35(38-24-37-34)44-31(10-17-49-44)25-6-5-7-28(18-25)46-2)33(47-3)20-32(29)43-11-8-26(9-12-43)41-13-15-42(16-14-41)27-22-48-23-27/h4-7,18-21,24,26-27,31H,1,8-17,22-23H2,2-3H3,(H,40,45)(H,37,38,39). The first-order chi connectivity index (χ1) is 24.0. The first kappa shape index (κ1) is 33.1. The van der Waals surface area contributed by atoms with Crippen LogP contribution in [0, 0.1) is 0 Å². The van der Waals surface area contributed by atoms with E-state index in [4.69, 9.17) is 19.0 Å². The third kappa shape index (κ3) is 7.30. The minimum atomic E-state index is -0.277. The van der Waals surface area contributed by atoms with Crippen molar-refractivity contribution in [1.29, 1.82) is 0 Å². The van der Waals surface area contributed by atoms with Crippen LogP contribution in [0.1, 0.15) is 30.9 Å². The van der Waals surface area contributed by atoms with Crippen LogP contribution in [0.15, 0.2) is 61.4 Å². The molecule has 2 N–H and O–H groups in total. The number of benzene rings is 2. The Balaban J connectivity index is 1.07. The van der Waals surface area contributed by atoms with E-state index in [9.17, 15) is 4.79 Å². The van der Waals surface area contributed by atoms with Crippen molar-refractivity contribution in [3.8, 4) is 11.5 Å². The zero-order valence-corrected chi connectivity index (χ0v) is 28.3. The second-order valence-electron chi connectivity index (χ2n) is 12.9. The first-order valence-corrected chi connectivity index (χ1v) is 17.1. The summed E-state index contributed by atoms with van der Waals surface area (Å²) >= 11 is 0. The summed E-state index contributed by atoms with van der Waals surface area (Å²) in [4.78, 5) is 35.2. The molecule has 4 aliphatic heterocycles. The largest absolute Gasteiger partial charge is 0.497 e. The highest BCUT2D eigenvalue weighted by atomic mass is 16.7. The van der Waals surface area contributed by atoms with E-state index in [2.05, 4.69) is 47.9 Å². The number of hydroxylamine groups is 1. The quantitative estimate of drug-likeness (QED) is 0.285. The topological polar surface area (TPSA) is 117 Å². The smallest absolute Gasteiger partial charge is 0.247 e. The zero-order chi connectivity index (χ0) is 33.7. The van der Waals surface area contributed by atoms with Crippen molar-refractivity contribution in [2.45, 2.75) is 37.4 Å². The van der Waals surface area contributed by atoms with Crippen molar-refractivity contribution in [2.24, 2.45) is 0 Å². The molecule has 5 heterocycles. The molecule has 1 atom stereocenters. The number of piperidine rings is 1. The van der Waals surface area contributed by atoms with Crippen molar-refractivity contribution in [1.82, 2.24) is 19.8 Å². The molecule has 3 aromatic rings. The van der Waals surface area contributed by atoms with Crippen LogP contribution in [-0.2, 0) is 14.4 Å². The number of methoxy groups -OCH3 is 2. The fourth-order valence-corrected chi connectivity index (χ4v) is 7.28. The molecule has 0 aliphatic carbocycles. The number of hydrogen-bond acceptors (Lipinski definition) is 12. The predicted octanol–water partition coefficient (Wildman–Crippen LogP) is 4.23. The lowest BCUT2D eigenvalue weighted by molar-refractivity contribution is -0.111. The summed E-state index contributed by atoms with van der Waals surface area (Å²) in [5.41, 5.74) is 3.33. The highest BCUT2D eigenvalue weighted by Crippen LogP contribution is 2.41. The van der Waals surface area contributed by atoms with Crippen molar-refractivity contribution in [2.75, 3.05) is 93.9 Å². The van der Waals surface area contributed by atoms with Gasteiger partial charge in [-0.2, -0.15) is 0 Å². The van der Waals surface area contributed by atoms with Crippen molar-refractivity contribution in [3.05, 3.63) is 67.0 Å². The Bertz CT molecular complexity index is 1620. The summed E-state index contributed by atoms with van der Waals surface area (Å²) in [5, 5.41) is 8.26. The molecule has 49 heavy (non-hydrogen) atoms. The summed E-state index contributed by atoms with van der Waals surface area (Å²) in [6.07, 6.45) is 5.72. The molecule has 1 unspecified atom stereocenters. The van der Waals surface area contributed by atoms with Gasteiger partial charge in [0, 0.05) is 63.9 Å². The molecule has 0 spiro atoms. The van der Waals surface area contributed by atoms with Crippen LogP contribution in [0.4, 0.5) is 28.7 Å². The normalized spacial score (nSPS) is 20.9. The summed E-state index contributed by atoms with van der Waals surface area (Å²) in [6.45, 7) is 12.2. The molecule has 1 aromatic heterocycles. The van der Waals surface area contributed by atoms with E-state index in [0.29, 0.717) is 47.5 Å². The molecule has 0 bridgehead atoms. The minimum absolute atomic E-state index is 0.0245. The molecule has 0 saturated carbocycles. The second-order valence-corrected chi connectivity index (χ2v) is 12.9. The number of carbonyl (C=O) groups is 1. The third-order valence-electron chi connectivity index (χ3n) is 10.1. The van der Waals surface area contributed by atoms with E-state index in [1.54, 1.807) is 14.2 Å². The maximum absolute atomic E-state index is 12.6. The van der Waals surface area contributed by atoms with Gasteiger partial charge in [0.1, 0.15) is 23.6 Å². The number of carbonyl (C=O) groups excluding carboxylic acids is 1. The molecule has 2 aromatic carbocycles. The molecule has 4 saturated heterocycles.